The Morgan fingerprint density at radius 1 is 0.633 bits per heavy atom. The lowest BCUT2D eigenvalue weighted by Crippen LogP contribution is -2.42. The molecule has 0 aromatic carbocycles. The first-order chi connectivity index (χ1) is 14.3. The Bertz CT molecular complexity index is 362. The number of hydrogen-bond donors (Lipinski definition) is 0. The standard InChI is InChI=1S/C25H53ClO3Si/c1-7-8-9-10-11-12-13-14-15-16-17-18-21-24(25(2,3)26)22-19-20-23-30(27-4,28-5)29-6/h24H,7-23H2,1-6H3. The van der Waals surface area contributed by atoms with Crippen LogP contribution in [0, 0.1) is 5.92 Å². The Balaban J connectivity index is 3.86. The van der Waals surface area contributed by atoms with Gasteiger partial charge >= 0.3 is 8.80 Å². The van der Waals surface area contributed by atoms with E-state index in [1.807, 2.05) is 0 Å². The third kappa shape index (κ3) is 15.2. The van der Waals surface area contributed by atoms with Gasteiger partial charge in [-0.3, -0.25) is 0 Å². The average molecular weight is 465 g/mol. The second-order valence-corrected chi connectivity index (χ2v) is 13.5. The molecular weight excluding hydrogens is 412 g/mol. The first kappa shape index (κ1) is 30.4. The Morgan fingerprint density at radius 2 is 1.00 bits per heavy atom. The lowest BCUT2D eigenvalue weighted by Gasteiger charge is -2.29. The summed E-state index contributed by atoms with van der Waals surface area (Å²) in [5.41, 5.74) is 0. The van der Waals surface area contributed by atoms with Gasteiger partial charge in [0.15, 0.2) is 0 Å². The van der Waals surface area contributed by atoms with E-state index in [2.05, 4.69) is 20.8 Å². The van der Waals surface area contributed by atoms with Gasteiger partial charge in [0.05, 0.1) is 0 Å². The number of hydrogen-bond acceptors (Lipinski definition) is 3. The summed E-state index contributed by atoms with van der Waals surface area (Å²) in [5, 5.41) is 0. The molecule has 0 aromatic rings. The van der Waals surface area contributed by atoms with Crippen molar-refractivity contribution in [1.29, 1.82) is 0 Å². The van der Waals surface area contributed by atoms with Gasteiger partial charge in [-0.15, -0.1) is 11.6 Å². The van der Waals surface area contributed by atoms with E-state index in [4.69, 9.17) is 24.9 Å². The van der Waals surface area contributed by atoms with Crippen molar-refractivity contribution in [1.82, 2.24) is 0 Å². The Hall–Kier alpha value is 0.387. The van der Waals surface area contributed by atoms with E-state index in [1.54, 1.807) is 21.3 Å². The highest BCUT2D eigenvalue weighted by molar-refractivity contribution is 6.60. The second kappa shape index (κ2) is 18.9. The zero-order valence-corrected chi connectivity index (χ0v) is 23.0. The molecule has 0 N–H and O–H groups in total. The quantitative estimate of drug-likeness (QED) is 0.0909. The van der Waals surface area contributed by atoms with Gasteiger partial charge in [-0.25, -0.2) is 0 Å². The lowest BCUT2D eigenvalue weighted by molar-refractivity contribution is 0.122. The summed E-state index contributed by atoms with van der Waals surface area (Å²) < 4.78 is 16.6. The highest BCUT2D eigenvalue weighted by Gasteiger charge is 2.37. The molecule has 0 fully saturated rings. The minimum Gasteiger partial charge on any atom is -0.377 e. The Morgan fingerprint density at radius 3 is 1.37 bits per heavy atom. The van der Waals surface area contributed by atoms with Gasteiger partial charge in [-0.05, 0) is 39.0 Å². The summed E-state index contributed by atoms with van der Waals surface area (Å²) >= 11 is 6.73. The van der Waals surface area contributed by atoms with Gasteiger partial charge in [0.2, 0.25) is 0 Å². The molecule has 1 unspecified atom stereocenters. The van der Waals surface area contributed by atoms with Crippen molar-refractivity contribution < 1.29 is 13.3 Å². The van der Waals surface area contributed by atoms with Crippen LogP contribution in [0.5, 0.6) is 0 Å². The zero-order valence-electron chi connectivity index (χ0n) is 21.2. The van der Waals surface area contributed by atoms with E-state index < -0.39 is 8.80 Å². The summed E-state index contributed by atoms with van der Waals surface area (Å²) in [4.78, 5) is -0.129. The summed E-state index contributed by atoms with van der Waals surface area (Å²) in [6.07, 6.45) is 21.5. The second-order valence-electron chi connectivity index (χ2n) is 9.48. The number of halogens is 1. The minimum absolute atomic E-state index is 0.129. The summed E-state index contributed by atoms with van der Waals surface area (Å²) in [6, 6.07) is 0.880. The fourth-order valence-electron chi connectivity index (χ4n) is 4.35. The average Bonchev–Trinajstić information content (AvgIpc) is 2.72. The van der Waals surface area contributed by atoms with Gasteiger partial charge in [0.1, 0.15) is 0 Å². The van der Waals surface area contributed by atoms with E-state index in [9.17, 15) is 0 Å². The maximum atomic E-state index is 6.73. The van der Waals surface area contributed by atoms with Crippen molar-refractivity contribution in [2.45, 2.75) is 134 Å². The van der Waals surface area contributed by atoms with E-state index in [1.165, 1.54) is 89.9 Å². The maximum absolute atomic E-state index is 6.73. The van der Waals surface area contributed by atoms with E-state index in [0.717, 1.165) is 18.9 Å². The van der Waals surface area contributed by atoms with Crippen LogP contribution in [0.4, 0.5) is 0 Å². The number of unbranched alkanes of at least 4 members (excludes halogenated alkanes) is 12. The fourth-order valence-corrected chi connectivity index (χ4v) is 6.36. The molecule has 0 bridgehead atoms. The molecule has 5 heteroatoms. The molecule has 182 valence electrons. The molecule has 0 saturated carbocycles. The largest absolute Gasteiger partial charge is 0.500 e. The van der Waals surface area contributed by atoms with Crippen molar-refractivity contribution in [3.8, 4) is 0 Å². The highest BCUT2D eigenvalue weighted by atomic mass is 35.5. The van der Waals surface area contributed by atoms with E-state index in [-0.39, 0.29) is 4.87 Å². The predicted octanol–water partition coefficient (Wildman–Crippen LogP) is 8.76. The monoisotopic (exact) mass is 464 g/mol. The minimum atomic E-state index is -2.43. The topological polar surface area (TPSA) is 27.7 Å². The van der Waals surface area contributed by atoms with Crippen molar-refractivity contribution in [2.24, 2.45) is 5.92 Å². The van der Waals surface area contributed by atoms with E-state index in [0.29, 0.717) is 5.92 Å². The highest BCUT2D eigenvalue weighted by Crippen LogP contribution is 2.34. The smallest absolute Gasteiger partial charge is 0.377 e. The first-order valence-corrected chi connectivity index (χ1v) is 15.0. The van der Waals surface area contributed by atoms with Crippen molar-refractivity contribution >= 4 is 20.4 Å². The molecule has 0 heterocycles. The van der Waals surface area contributed by atoms with Crippen molar-refractivity contribution in [3.05, 3.63) is 0 Å². The molecule has 30 heavy (non-hydrogen) atoms. The van der Waals surface area contributed by atoms with Gasteiger partial charge in [0, 0.05) is 32.2 Å². The van der Waals surface area contributed by atoms with Gasteiger partial charge in [-0.2, -0.15) is 0 Å². The molecule has 3 nitrogen and oxygen atoms in total. The van der Waals surface area contributed by atoms with Crippen LogP contribution in [-0.4, -0.2) is 35.0 Å². The zero-order chi connectivity index (χ0) is 22.7. The van der Waals surface area contributed by atoms with Crippen LogP contribution in [0.25, 0.3) is 0 Å². The van der Waals surface area contributed by atoms with Crippen molar-refractivity contribution in [2.75, 3.05) is 21.3 Å². The lowest BCUT2D eigenvalue weighted by atomic mass is 9.85. The van der Waals surface area contributed by atoms with Crippen LogP contribution >= 0.6 is 11.6 Å². The summed E-state index contributed by atoms with van der Waals surface area (Å²) in [6.45, 7) is 6.64. The fraction of sp³-hybridized carbons (Fsp3) is 1.00. The molecule has 0 aliphatic carbocycles. The molecular formula is C25H53ClO3Si. The molecule has 0 aromatic heterocycles. The molecule has 0 radical (unpaired) electrons. The van der Waals surface area contributed by atoms with Crippen LogP contribution in [0.2, 0.25) is 6.04 Å². The summed E-state index contributed by atoms with van der Waals surface area (Å²) in [5.74, 6) is 0.575. The predicted molar refractivity (Wildman–Crippen MR) is 135 cm³/mol. The SMILES string of the molecule is CCCCCCCCCCCCCCC(CCCC[Si](OC)(OC)OC)C(C)(C)Cl. The molecule has 0 rings (SSSR count). The number of rotatable bonds is 22. The van der Waals surface area contributed by atoms with Crippen LogP contribution in [0.3, 0.4) is 0 Å². The van der Waals surface area contributed by atoms with Crippen LogP contribution in [-0.2, 0) is 13.3 Å². The normalized spacial score (nSPS) is 13.7. The molecule has 0 aliphatic rings. The molecule has 0 saturated heterocycles. The van der Waals surface area contributed by atoms with Gasteiger partial charge < -0.3 is 13.3 Å². The third-order valence-corrected chi connectivity index (χ3v) is 9.74. The molecule has 0 spiro atoms. The van der Waals surface area contributed by atoms with Gasteiger partial charge in [0.25, 0.3) is 0 Å². The van der Waals surface area contributed by atoms with Gasteiger partial charge in [-0.1, -0.05) is 90.4 Å². The number of alkyl halides is 1. The van der Waals surface area contributed by atoms with Crippen LogP contribution in [0.15, 0.2) is 0 Å². The van der Waals surface area contributed by atoms with Crippen LogP contribution < -0.4 is 0 Å². The molecule has 0 amide bonds. The Kier molecular flexibility index (Phi) is 19.2. The molecule has 1 atom stereocenters. The molecule has 0 aliphatic heterocycles. The van der Waals surface area contributed by atoms with Crippen LogP contribution in [0.1, 0.15) is 124 Å². The third-order valence-electron chi connectivity index (χ3n) is 6.60. The van der Waals surface area contributed by atoms with E-state index >= 15 is 0 Å². The van der Waals surface area contributed by atoms with Crippen molar-refractivity contribution in [3.63, 3.8) is 0 Å². The Labute approximate surface area is 195 Å². The first-order valence-electron chi connectivity index (χ1n) is 12.7. The maximum Gasteiger partial charge on any atom is 0.500 e. The summed E-state index contributed by atoms with van der Waals surface area (Å²) in [7, 11) is 2.65.